The van der Waals surface area contributed by atoms with Crippen LogP contribution in [0.3, 0.4) is 0 Å². The maximum atomic E-state index is 13.3. The molecule has 1 aliphatic rings. The molecule has 0 fully saturated rings. The number of rotatable bonds is 10. The first-order valence-electron chi connectivity index (χ1n) is 13.3. The highest BCUT2D eigenvalue weighted by molar-refractivity contribution is 6.06. The van der Waals surface area contributed by atoms with E-state index in [0.29, 0.717) is 23.4 Å². The average Bonchev–Trinajstić information content (AvgIpc) is 2.93. The molecule has 2 N–H and O–H groups in total. The van der Waals surface area contributed by atoms with Crippen LogP contribution < -0.4 is 20.3 Å². The van der Waals surface area contributed by atoms with Crippen LogP contribution in [-0.2, 0) is 13.0 Å². The lowest BCUT2D eigenvalue weighted by molar-refractivity contribution is 0.0938. The fourth-order valence-corrected chi connectivity index (χ4v) is 4.42. The summed E-state index contributed by atoms with van der Waals surface area (Å²) in [5.74, 6) is 0.391. The first-order valence-corrected chi connectivity index (χ1v) is 13.3. The SMILES string of the molecule is CCCCOc1ccc(C(=O)Nc2ccc(N3CCc4ccccc4C3)c(C(=O)NC(C)CC)c2)cc1. The highest BCUT2D eigenvalue weighted by atomic mass is 16.5. The van der Waals surface area contributed by atoms with Gasteiger partial charge in [-0.1, -0.05) is 44.5 Å². The van der Waals surface area contributed by atoms with Crippen molar-refractivity contribution in [1.29, 1.82) is 0 Å². The number of hydrogen-bond acceptors (Lipinski definition) is 4. The van der Waals surface area contributed by atoms with Crippen LogP contribution in [0.1, 0.15) is 71.9 Å². The van der Waals surface area contributed by atoms with E-state index in [0.717, 1.165) is 50.2 Å². The standard InChI is InChI=1S/C31H37N3O3/c1-4-6-19-37-27-14-11-24(12-15-27)30(35)33-26-13-16-29(28(20-26)31(36)32-22(3)5-2)34-18-17-23-9-7-8-10-25(23)21-34/h7-16,20,22H,4-6,17-19,21H2,1-3H3,(H,32,36)(H,33,35). The number of carbonyl (C=O) groups excluding carboxylic acids is 2. The molecule has 194 valence electrons. The zero-order valence-corrected chi connectivity index (χ0v) is 22.0. The van der Waals surface area contributed by atoms with E-state index in [1.807, 2.05) is 38.1 Å². The largest absolute Gasteiger partial charge is 0.494 e. The number of unbranched alkanes of at least 4 members (excludes halogenated alkanes) is 1. The molecule has 0 aliphatic carbocycles. The first-order chi connectivity index (χ1) is 18.0. The third-order valence-electron chi connectivity index (χ3n) is 6.84. The average molecular weight is 500 g/mol. The molecular weight excluding hydrogens is 462 g/mol. The summed E-state index contributed by atoms with van der Waals surface area (Å²) in [6, 6.07) is 21.2. The van der Waals surface area contributed by atoms with Crippen LogP contribution in [0, 0.1) is 0 Å². The summed E-state index contributed by atoms with van der Waals surface area (Å²) >= 11 is 0. The Morgan fingerprint density at radius 3 is 2.46 bits per heavy atom. The second kappa shape index (κ2) is 12.4. The summed E-state index contributed by atoms with van der Waals surface area (Å²) in [6.07, 6.45) is 3.84. The van der Waals surface area contributed by atoms with Gasteiger partial charge in [-0.15, -0.1) is 0 Å². The van der Waals surface area contributed by atoms with Gasteiger partial charge in [0.1, 0.15) is 5.75 Å². The molecule has 6 heteroatoms. The molecule has 0 aromatic heterocycles. The Labute approximate surface area is 220 Å². The van der Waals surface area contributed by atoms with Gasteiger partial charge in [0.05, 0.1) is 12.2 Å². The summed E-state index contributed by atoms with van der Waals surface area (Å²) in [5, 5.41) is 6.05. The van der Waals surface area contributed by atoms with Gasteiger partial charge in [-0.2, -0.15) is 0 Å². The van der Waals surface area contributed by atoms with Gasteiger partial charge in [0.2, 0.25) is 0 Å². The molecule has 1 atom stereocenters. The molecule has 2 amide bonds. The Morgan fingerprint density at radius 1 is 0.973 bits per heavy atom. The normalized spacial score (nSPS) is 13.4. The summed E-state index contributed by atoms with van der Waals surface area (Å²) in [4.78, 5) is 28.5. The molecule has 3 aromatic carbocycles. The van der Waals surface area contributed by atoms with Crippen molar-refractivity contribution in [2.45, 2.75) is 59.0 Å². The van der Waals surface area contributed by atoms with Gasteiger partial charge in [-0.3, -0.25) is 9.59 Å². The fraction of sp³-hybridized carbons (Fsp3) is 0.355. The quantitative estimate of drug-likeness (QED) is 0.326. The smallest absolute Gasteiger partial charge is 0.255 e. The van der Waals surface area contributed by atoms with E-state index in [9.17, 15) is 9.59 Å². The molecule has 1 aliphatic heterocycles. The molecule has 3 aromatic rings. The summed E-state index contributed by atoms with van der Waals surface area (Å²) in [5.41, 5.74) is 5.20. The topological polar surface area (TPSA) is 70.7 Å². The number of carbonyl (C=O) groups is 2. The molecule has 0 saturated carbocycles. The van der Waals surface area contributed by atoms with Gasteiger partial charge < -0.3 is 20.3 Å². The zero-order valence-electron chi connectivity index (χ0n) is 22.0. The maximum Gasteiger partial charge on any atom is 0.255 e. The highest BCUT2D eigenvalue weighted by Crippen LogP contribution is 2.30. The third-order valence-corrected chi connectivity index (χ3v) is 6.84. The molecule has 0 bridgehead atoms. The van der Waals surface area contributed by atoms with Crippen LogP contribution in [0.2, 0.25) is 0 Å². The van der Waals surface area contributed by atoms with Gasteiger partial charge in [0, 0.05) is 36.1 Å². The van der Waals surface area contributed by atoms with E-state index in [2.05, 4.69) is 46.7 Å². The van der Waals surface area contributed by atoms with E-state index in [4.69, 9.17) is 4.74 Å². The van der Waals surface area contributed by atoms with E-state index in [1.54, 1.807) is 18.2 Å². The number of ether oxygens (including phenoxy) is 1. The number of hydrogen-bond donors (Lipinski definition) is 2. The maximum absolute atomic E-state index is 13.3. The highest BCUT2D eigenvalue weighted by Gasteiger charge is 2.22. The van der Waals surface area contributed by atoms with Gasteiger partial charge >= 0.3 is 0 Å². The second-order valence-electron chi connectivity index (χ2n) is 9.64. The number of benzene rings is 3. The molecule has 1 unspecified atom stereocenters. The molecule has 1 heterocycles. The Bertz CT molecular complexity index is 1220. The van der Waals surface area contributed by atoms with E-state index < -0.39 is 0 Å². The van der Waals surface area contributed by atoms with Crippen LogP contribution in [0.4, 0.5) is 11.4 Å². The Balaban J connectivity index is 1.54. The van der Waals surface area contributed by atoms with Crippen molar-refractivity contribution in [3.05, 3.63) is 89.0 Å². The molecule has 0 spiro atoms. The predicted octanol–water partition coefficient (Wildman–Crippen LogP) is 6.21. The Hall–Kier alpha value is -3.80. The lowest BCUT2D eigenvalue weighted by Crippen LogP contribution is -2.35. The van der Waals surface area contributed by atoms with Crippen molar-refractivity contribution >= 4 is 23.2 Å². The van der Waals surface area contributed by atoms with Crippen molar-refractivity contribution in [2.24, 2.45) is 0 Å². The third kappa shape index (κ3) is 6.70. The molecule has 0 saturated heterocycles. The number of nitrogens with one attached hydrogen (secondary N) is 2. The van der Waals surface area contributed by atoms with Crippen LogP contribution in [-0.4, -0.2) is 31.0 Å². The van der Waals surface area contributed by atoms with Crippen molar-refractivity contribution in [2.75, 3.05) is 23.4 Å². The van der Waals surface area contributed by atoms with Gasteiger partial charge in [-0.25, -0.2) is 0 Å². The van der Waals surface area contributed by atoms with Gasteiger partial charge in [0.15, 0.2) is 0 Å². The first kappa shape index (κ1) is 26.3. The number of amides is 2. The summed E-state index contributed by atoms with van der Waals surface area (Å²) < 4.78 is 5.69. The van der Waals surface area contributed by atoms with Gasteiger partial charge in [0.25, 0.3) is 11.8 Å². The van der Waals surface area contributed by atoms with Gasteiger partial charge in [-0.05, 0) is 79.8 Å². The summed E-state index contributed by atoms with van der Waals surface area (Å²) in [7, 11) is 0. The lowest BCUT2D eigenvalue weighted by Gasteiger charge is -2.32. The lowest BCUT2D eigenvalue weighted by atomic mass is 9.98. The molecule has 0 radical (unpaired) electrons. The van der Waals surface area contributed by atoms with Crippen molar-refractivity contribution in [1.82, 2.24) is 5.32 Å². The van der Waals surface area contributed by atoms with E-state index in [1.165, 1.54) is 11.1 Å². The van der Waals surface area contributed by atoms with Crippen molar-refractivity contribution in [3.8, 4) is 5.75 Å². The molecule has 4 rings (SSSR count). The monoisotopic (exact) mass is 499 g/mol. The van der Waals surface area contributed by atoms with Crippen LogP contribution in [0.25, 0.3) is 0 Å². The van der Waals surface area contributed by atoms with Crippen LogP contribution >= 0.6 is 0 Å². The zero-order chi connectivity index (χ0) is 26.2. The summed E-state index contributed by atoms with van der Waals surface area (Å²) in [6.45, 7) is 8.41. The second-order valence-corrected chi connectivity index (χ2v) is 9.64. The number of nitrogens with zero attached hydrogens (tertiary/aromatic N) is 1. The predicted molar refractivity (Wildman–Crippen MR) is 150 cm³/mol. The minimum atomic E-state index is -0.229. The fourth-order valence-electron chi connectivity index (χ4n) is 4.42. The number of fused-ring (bicyclic) bond motifs is 1. The Morgan fingerprint density at radius 2 is 1.73 bits per heavy atom. The van der Waals surface area contributed by atoms with E-state index >= 15 is 0 Å². The van der Waals surface area contributed by atoms with E-state index in [-0.39, 0.29) is 17.9 Å². The van der Waals surface area contributed by atoms with Crippen LogP contribution in [0.15, 0.2) is 66.7 Å². The van der Waals surface area contributed by atoms with Crippen molar-refractivity contribution < 1.29 is 14.3 Å². The minimum Gasteiger partial charge on any atom is -0.494 e. The Kier molecular flexibility index (Phi) is 8.83. The number of anilines is 2. The van der Waals surface area contributed by atoms with Crippen LogP contribution in [0.5, 0.6) is 5.75 Å². The minimum absolute atomic E-state index is 0.0544. The molecule has 37 heavy (non-hydrogen) atoms. The molecular formula is C31H37N3O3. The molecule has 6 nitrogen and oxygen atoms in total. The van der Waals surface area contributed by atoms with Crippen molar-refractivity contribution in [3.63, 3.8) is 0 Å².